The van der Waals surface area contributed by atoms with Crippen molar-refractivity contribution in [2.75, 3.05) is 5.32 Å². The summed E-state index contributed by atoms with van der Waals surface area (Å²) in [5.74, 6) is 0.00176. The molecule has 0 radical (unpaired) electrons. The molecule has 1 heterocycles. The first-order chi connectivity index (χ1) is 9.31. The molecule has 94 valence electrons. The minimum absolute atomic E-state index is 0.00176. The van der Waals surface area contributed by atoms with Gasteiger partial charge in [0.2, 0.25) is 0 Å². The van der Waals surface area contributed by atoms with Crippen LogP contribution in [0.25, 0.3) is 11.1 Å². The number of nitrogens with one attached hydrogen (secondary N) is 1. The number of para-hydroxylation sites is 1. The summed E-state index contributed by atoms with van der Waals surface area (Å²) in [7, 11) is 0. The lowest BCUT2D eigenvalue weighted by Gasteiger charge is -2.09. The van der Waals surface area contributed by atoms with Crippen molar-refractivity contribution in [3.8, 4) is 0 Å². The normalized spacial score (nSPS) is 15.9. The summed E-state index contributed by atoms with van der Waals surface area (Å²) in [6, 6.07) is 18.0. The first-order valence-electron chi connectivity index (χ1n) is 6.50. The van der Waals surface area contributed by atoms with Gasteiger partial charge >= 0.3 is 0 Å². The lowest BCUT2D eigenvalue weighted by atomic mass is 9.94. The molecule has 0 atom stereocenters. The van der Waals surface area contributed by atoms with Gasteiger partial charge in [0.15, 0.2) is 0 Å². The number of allylic oxidation sites excluding steroid dienone is 1. The number of hydrogen-bond acceptors (Lipinski definition) is 1. The number of carbonyl (C=O) groups is 1. The monoisotopic (exact) mass is 249 g/mol. The molecule has 0 spiro atoms. The predicted octanol–water partition coefficient (Wildman–Crippen LogP) is 3.96. The highest BCUT2D eigenvalue weighted by molar-refractivity contribution is 6.36. The highest BCUT2D eigenvalue weighted by Crippen LogP contribution is 2.37. The van der Waals surface area contributed by atoms with E-state index in [2.05, 4.69) is 24.4 Å². The number of carbonyl (C=O) groups excluding carboxylic acids is 1. The lowest BCUT2D eigenvalue weighted by molar-refractivity contribution is -0.110. The van der Waals surface area contributed by atoms with Crippen LogP contribution in [0.15, 0.2) is 54.6 Å². The van der Waals surface area contributed by atoms with E-state index in [4.69, 9.17) is 0 Å². The Hall–Kier alpha value is -2.35. The molecule has 3 rings (SSSR count). The molecule has 2 aromatic carbocycles. The van der Waals surface area contributed by atoms with Gasteiger partial charge in [-0.05, 0) is 23.6 Å². The van der Waals surface area contributed by atoms with Gasteiger partial charge in [-0.3, -0.25) is 4.79 Å². The first-order valence-corrected chi connectivity index (χ1v) is 6.50. The molecule has 0 unspecified atom stereocenters. The second kappa shape index (κ2) is 4.73. The highest BCUT2D eigenvalue weighted by Gasteiger charge is 2.26. The molecule has 1 N–H and O–H groups in total. The van der Waals surface area contributed by atoms with Crippen LogP contribution in [-0.4, -0.2) is 5.91 Å². The van der Waals surface area contributed by atoms with Gasteiger partial charge in [-0.2, -0.15) is 0 Å². The minimum Gasteiger partial charge on any atom is -0.321 e. The number of benzene rings is 2. The maximum absolute atomic E-state index is 12.2. The van der Waals surface area contributed by atoms with E-state index in [1.807, 2.05) is 42.5 Å². The number of rotatable bonds is 2. The summed E-state index contributed by atoms with van der Waals surface area (Å²) in [5.41, 5.74) is 4.94. The van der Waals surface area contributed by atoms with Crippen molar-refractivity contribution in [1.29, 1.82) is 0 Å². The largest absolute Gasteiger partial charge is 0.321 e. The molecule has 0 aromatic heterocycles. The van der Waals surface area contributed by atoms with E-state index in [1.54, 1.807) is 0 Å². The smallest absolute Gasteiger partial charge is 0.256 e. The van der Waals surface area contributed by atoms with Gasteiger partial charge in [0.05, 0.1) is 5.57 Å². The summed E-state index contributed by atoms with van der Waals surface area (Å²) >= 11 is 0. The van der Waals surface area contributed by atoms with Gasteiger partial charge in [-0.15, -0.1) is 0 Å². The Morgan fingerprint density at radius 3 is 2.42 bits per heavy atom. The van der Waals surface area contributed by atoms with Gasteiger partial charge in [0, 0.05) is 11.3 Å². The molecular formula is C17H15NO. The topological polar surface area (TPSA) is 29.1 Å². The maximum Gasteiger partial charge on any atom is 0.256 e. The molecule has 1 aliphatic heterocycles. The van der Waals surface area contributed by atoms with E-state index in [1.165, 1.54) is 0 Å². The van der Waals surface area contributed by atoms with Crippen molar-refractivity contribution in [2.45, 2.75) is 13.3 Å². The highest BCUT2D eigenvalue weighted by atomic mass is 16.2. The molecule has 0 fully saturated rings. The fourth-order valence-corrected chi connectivity index (χ4v) is 2.58. The molecule has 0 saturated carbocycles. The molecule has 19 heavy (non-hydrogen) atoms. The van der Waals surface area contributed by atoms with Crippen molar-refractivity contribution in [2.24, 2.45) is 0 Å². The Morgan fingerprint density at radius 2 is 1.68 bits per heavy atom. The third-order valence-corrected chi connectivity index (χ3v) is 3.45. The fraction of sp³-hybridized carbons (Fsp3) is 0.118. The van der Waals surface area contributed by atoms with Gasteiger partial charge in [-0.1, -0.05) is 55.5 Å². The second-order valence-corrected chi connectivity index (χ2v) is 4.57. The van der Waals surface area contributed by atoms with Crippen LogP contribution in [-0.2, 0) is 4.79 Å². The zero-order chi connectivity index (χ0) is 13.2. The molecule has 1 aliphatic rings. The molecule has 2 heteroatoms. The Morgan fingerprint density at radius 1 is 1.00 bits per heavy atom. The Balaban J connectivity index is 2.23. The molecule has 0 saturated heterocycles. The molecule has 2 aromatic rings. The lowest BCUT2D eigenvalue weighted by Crippen LogP contribution is -2.05. The van der Waals surface area contributed by atoms with Crippen molar-refractivity contribution < 1.29 is 4.79 Å². The summed E-state index contributed by atoms with van der Waals surface area (Å²) in [6.45, 7) is 2.09. The van der Waals surface area contributed by atoms with Gasteiger partial charge in [0.25, 0.3) is 5.91 Å². The van der Waals surface area contributed by atoms with Crippen LogP contribution in [0.5, 0.6) is 0 Å². The third kappa shape index (κ3) is 1.95. The second-order valence-electron chi connectivity index (χ2n) is 4.57. The molecule has 0 aliphatic carbocycles. The standard InChI is InChI=1S/C17H15NO/c1-2-13(12-8-4-3-5-9-12)16-14-10-6-7-11-15(14)18-17(16)19/h3-11H,2H2,1H3,(H,18,19)/b16-13+. The van der Waals surface area contributed by atoms with E-state index < -0.39 is 0 Å². The first kappa shape index (κ1) is 11.7. The molecular weight excluding hydrogens is 234 g/mol. The molecule has 0 bridgehead atoms. The van der Waals surface area contributed by atoms with Crippen LogP contribution in [0.3, 0.4) is 0 Å². The van der Waals surface area contributed by atoms with Crippen molar-refractivity contribution in [1.82, 2.24) is 0 Å². The average Bonchev–Trinajstić information content (AvgIpc) is 2.78. The third-order valence-electron chi connectivity index (χ3n) is 3.45. The van der Waals surface area contributed by atoms with Crippen LogP contribution < -0.4 is 5.32 Å². The molecule has 1 amide bonds. The minimum atomic E-state index is 0.00176. The zero-order valence-corrected chi connectivity index (χ0v) is 10.8. The van der Waals surface area contributed by atoms with Gasteiger partial charge in [-0.25, -0.2) is 0 Å². The van der Waals surface area contributed by atoms with E-state index in [0.29, 0.717) is 0 Å². The van der Waals surface area contributed by atoms with Crippen LogP contribution in [0.2, 0.25) is 0 Å². The number of anilines is 1. The number of hydrogen-bond donors (Lipinski definition) is 1. The van der Waals surface area contributed by atoms with Crippen LogP contribution >= 0.6 is 0 Å². The average molecular weight is 249 g/mol. The van der Waals surface area contributed by atoms with Crippen LogP contribution in [0.4, 0.5) is 5.69 Å². The van der Waals surface area contributed by atoms with E-state index in [9.17, 15) is 4.79 Å². The Labute approximate surface area is 112 Å². The SMILES string of the molecule is CC/C(=C1\C(=O)Nc2ccccc21)c1ccccc1. The number of fused-ring (bicyclic) bond motifs is 1. The predicted molar refractivity (Wildman–Crippen MR) is 78.6 cm³/mol. The van der Waals surface area contributed by atoms with Crippen molar-refractivity contribution in [3.05, 3.63) is 65.7 Å². The quantitative estimate of drug-likeness (QED) is 0.802. The summed E-state index contributed by atoms with van der Waals surface area (Å²) in [6.07, 6.45) is 0.834. The Kier molecular flexibility index (Phi) is 2.92. The van der Waals surface area contributed by atoms with E-state index >= 15 is 0 Å². The van der Waals surface area contributed by atoms with Gasteiger partial charge in [0.1, 0.15) is 0 Å². The van der Waals surface area contributed by atoms with E-state index in [-0.39, 0.29) is 5.91 Å². The van der Waals surface area contributed by atoms with E-state index in [0.717, 1.165) is 34.4 Å². The van der Waals surface area contributed by atoms with Crippen molar-refractivity contribution in [3.63, 3.8) is 0 Å². The molecule has 2 nitrogen and oxygen atoms in total. The summed E-state index contributed by atoms with van der Waals surface area (Å²) < 4.78 is 0. The zero-order valence-electron chi connectivity index (χ0n) is 10.8. The fourth-order valence-electron chi connectivity index (χ4n) is 2.58. The summed E-state index contributed by atoms with van der Waals surface area (Å²) in [4.78, 5) is 12.2. The number of amides is 1. The van der Waals surface area contributed by atoms with Crippen LogP contribution in [0, 0.1) is 0 Å². The maximum atomic E-state index is 12.2. The Bertz CT molecular complexity index is 656. The van der Waals surface area contributed by atoms with Gasteiger partial charge < -0.3 is 5.32 Å². The summed E-state index contributed by atoms with van der Waals surface area (Å²) in [5, 5.41) is 2.94. The van der Waals surface area contributed by atoms with Crippen LogP contribution in [0.1, 0.15) is 24.5 Å². The van der Waals surface area contributed by atoms with Crippen molar-refractivity contribution >= 4 is 22.7 Å².